The van der Waals surface area contributed by atoms with Crippen molar-refractivity contribution in [2.24, 2.45) is 23.5 Å². The molecule has 1 amide bonds. The minimum absolute atomic E-state index is 0.0126. The van der Waals surface area contributed by atoms with Gasteiger partial charge in [0.05, 0.1) is 5.92 Å². The average Bonchev–Trinajstić information content (AvgIpc) is 2.63. The fourth-order valence-electron chi connectivity index (χ4n) is 2.22. The Hall–Kier alpha value is -1.10. The van der Waals surface area contributed by atoms with Crippen LogP contribution in [-0.2, 0) is 9.59 Å². The van der Waals surface area contributed by atoms with E-state index in [0.717, 1.165) is 12.8 Å². The lowest BCUT2D eigenvalue weighted by molar-refractivity contribution is -0.143. The molecule has 1 saturated carbocycles. The van der Waals surface area contributed by atoms with Gasteiger partial charge in [-0.3, -0.25) is 9.59 Å². The number of nitrogens with one attached hydrogen (secondary N) is 1. The zero-order valence-corrected chi connectivity index (χ0v) is 10.5. The van der Waals surface area contributed by atoms with Crippen molar-refractivity contribution in [3.8, 4) is 0 Å². The molecule has 1 aliphatic rings. The van der Waals surface area contributed by atoms with Crippen LogP contribution in [0.2, 0.25) is 0 Å². The summed E-state index contributed by atoms with van der Waals surface area (Å²) in [5.74, 6) is -1.45. The largest absolute Gasteiger partial charge is 0.481 e. The van der Waals surface area contributed by atoms with E-state index in [1.807, 2.05) is 13.8 Å². The third-order valence-electron chi connectivity index (χ3n) is 3.46. The summed E-state index contributed by atoms with van der Waals surface area (Å²) < 4.78 is 0. The SMILES string of the molecule is CC(C)C(CNC(=O)C1CCC(N)C1)C(=O)O. The first kappa shape index (κ1) is 14.0. The Morgan fingerprint density at radius 2 is 2.06 bits per heavy atom. The zero-order chi connectivity index (χ0) is 13.0. The Morgan fingerprint density at radius 1 is 1.41 bits per heavy atom. The standard InChI is InChI=1S/C12H22N2O3/c1-7(2)10(12(16)17)6-14-11(15)8-3-4-9(13)5-8/h7-10H,3-6,13H2,1-2H3,(H,14,15)(H,16,17). The monoisotopic (exact) mass is 242 g/mol. The highest BCUT2D eigenvalue weighted by atomic mass is 16.4. The predicted molar refractivity (Wildman–Crippen MR) is 64.3 cm³/mol. The number of nitrogens with two attached hydrogens (primary N) is 1. The van der Waals surface area contributed by atoms with Crippen LogP contribution in [-0.4, -0.2) is 29.6 Å². The fraction of sp³-hybridized carbons (Fsp3) is 0.833. The van der Waals surface area contributed by atoms with Gasteiger partial charge in [0.1, 0.15) is 0 Å². The molecule has 0 saturated heterocycles. The number of amides is 1. The van der Waals surface area contributed by atoms with E-state index in [1.165, 1.54) is 0 Å². The molecule has 0 aliphatic heterocycles. The van der Waals surface area contributed by atoms with Crippen LogP contribution >= 0.6 is 0 Å². The molecule has 0 aromatic carbocycles. The Kier molecular flexibility index (Phi) is 4.93. The highest BCUT2D eigenvalue weighted by Gasteiger charge is 2.29. The smallest absolute Gasteiger partial charge is 0.308 e. The molecule has 0 bridgehead atoms. The van der Waals surface area contributed by atoms with Crippen molar-refractivity contribution < 1.29 is 14.7 Å². The summed E-state index contributed by atoms with van der Waals surface area (Å²) in [6.45, 7) is 3.89. The van der Waals surface area contributed by atoms with Gasteiger partial charge in [-0.25, -0.2) is 0 Å². The highest BCUT2D eigenvalue weighted by Crippen LogP contribution is 2.24. The van der Waals surface area contributed by atoms with Gasteiger partial charge in [0.25, 0.3) is 0 Å². The summed E-state index contributed by atoms with van der Waals surface area (Å²) in [4.78, 5) is 22.7. The quantitative estimate of drug-likeness (QED) is 0.657. The van der Waals surface area contributed by atoms with E-state index in [0.29, 0.717) is 6.42 Å². The summed E-state index contributed by atoms with van der Waals surface area (Å²) in [6.07, 6.45) is 2.41. The lowest BCUT2D eigenvalue weighted by Crippen LogP contribution is -2.38. The summed E-state index contributed by atoms with van der Waals surface area (Å²) in [5.41, 5.74) is 5.74. The maximum absolute atomic E-state index is 11.8. The number of rotatable bonds is 5. The van der Waals surface area contributed by atoms with Crippen LogP contribution in [0.5, 0.6) is 0 Å². The minimum Gasteiger partial charge on any atom is -0.481 e. The number of carboxylic acids is 1. The molecule has 0 radical (unpaired) electrons. The maximum atomic E-state index is 11.8. The van der Waals surface area contributed by atoms with Crippen molar-refractivity contribution in [1.29, 1.82) is 0 Å². The van der Waals surface area contributed by atoms with Gasteiger partial charge in [-0.15, -0.1) is 0 Å². The Balaban J connectivity index is 2.39. The molecule has 1 aliphatic carbocycles. The van der Waals surface area contributed by atoms with Gasteiger partial charge in [0.2, 0.25) is 5.91 Å². The fourth-order valence-corrected chi connectivity index (χ4v) is 2.22. The third-order valence-corrected chi connectivity index (χ3v) is 3.46. The van der Waals surface area contributed by atoms with Gasteiger partial charge in [0.15, 0.2) is 0 Å². The summed E-state index contributed by atoms with van der Waals surface area (Å²) >= 11 is 0. The van der Waals surface area contributed by atoms with Crippen LogP contribution in [0, 0.1) is 17.8 Å². The van der Waals surface area contributed by atoms with E-state index < -0.39 is 11.9 Å². The Morgan fingerprint density at radius 3 is 2.47 bits per heavy atom. The van der Waals surface area contributed by atoms with Gasteiger partial charge >= 0.3 is 5.97 Å². The average molecular weight is 242 g/mol. The number of carbonyl (C=O) groups is 2. The number of carbonyl (C=O) groups excluding carboxylic acids is 1. The first-order valence-corrected chi connectivity index (χ1v) is 6.18. The van der Waals surface area contributed by atoms with Crippen molar-refractivity contribution in [3.05, 3.63) is 0 Å². The Bertz CT molecular complexity index is 291. The molecule has 0 aromatic rings. The molecule has 4 N–H and O–H groups in total. The zero-order valence-electron chi connectivity index (χ0n) is 10.5. The van der Waals surface area contributed by atoms with Crippen LogP contribution in [0.25, 0.3) is 0 Å². The summed E-state index contributed by atoms with van der Waals surface area (Å²) in [5, 5.41) is 11.7. The van der Waals surface area contributed by atoms with Gasteiger partial charge in [-0.05, 0) is 25.2 Å². The van der Waals surface area contributed by atoms with E-state index in [4.69, 9.17) is 10.8 Å². The minimum atomic E-state index is -0.858. The predicted octanol–water partition coefficient (Wildman–Crippen LogP) is 0.587. The number of carboxylic acid groups (broad SMARTS) is 1. The summed E-state index contributed by atoms with van der Waals surface area (Å²) in [7, 11) is 0. The Labute approximate surface area is 102 Å². The first-order chi connectivity index (χ1) is 7.91. The van der Waals surface area contributed by atoms with Crippen LogP contribution in [0.4, 0.5) is 0 Å². The van der Waals surface area contributed by atoms with E-state index >= 15 is 0 Å². The van der Waals surface area contributed by atoms with E-state index in [-0.39, 0.29) is 30.3 Å². The van der Waals surface area contributed by atoms with Gasteiger partial charge < -0.3 is 16.2 Å². The second-order valence-corrected chi connectivity index (χ2v) is 5.20. The second-order valence-electron chi connectivity index (χ2n) is 5.20. The lowest BCUT2D eigenvalue weighted by Gasteiger charge is -2.18. The van der Waals surface area contributed by atoms with Crippen LogP contribution in [0.15, 0.2) is 0 Å². The van der Waals surface area contributed by atoms with Gasteiger partial charge in [0, 0.05) is 18.5 Å². The molecule has 17 heavy (non-hydrogen) atoms. The van der Waals surface area contributed by atoms with Crippen molar-refractivity contribution in [2.45, 2.75) is 39.2 Å². The number of hydrogen-bond donors (Lipinski definition) is 3. The molecule has 0 spiro atoms. The van der Waals surface area contributed by atoms with Crippen molar-refractivity contribution in [2.75, 3.05) is 6.54 Å². The third kappa shape index (κ3) is 4.00. The van der Waals surface area contributed by atoms with Crippen LogP contribution in [0.3, 0.4) is 0 Å². The van der Waals surface area contributed by atoms with Crippen LogP contribution in [0.1, 0.15) is 33.1 Å². The van der Waals surface area contributed by atoms with Crippen molar-refractivity contribution in [1.82, 2.24) is 5.32 Å². The molecule has 1 fully saturated rings. The molecule has 5 heteroatoms. The second kappa shape index (κ2) is 6.00. The first-order valence-electron chi connectivity index (χ1n) is 6.18. The normalized spacial score (nSPS) is 25.9. The molecule has 3 atom stereocenters. The van der Waals surface area contributed by atoms with Gasteiger partial charge in [-0.2, -0.15) is 0 Å². The molecule has 98 valence electrons. The van der Waals surface area contributed by atoms with Gasteiger partial charge in [-0.1, -0.05) is 13.8 Å². The highest BCUT2D eigenvalue weighted by molar-refractivity contribution is 5.80. The molecular weight excluding hydrogens is 220 g/mol. The molecule has 1 rings (SSSR count). The molecule has 0 aromatic heterocycles. The van der Waals surface area contributed by atoms with Crippen molar-refractivity contribution in [3.63, 3.8) is 0 Å². The number of aliphatic carboxylic acids is 1. The van der Waals surface area contributed by atoms with E-state index in [2.05, 4.69) is 5.32 Å². The van der Waals surface area contributed by atoms with E-state index in [1.54, 1.807) is 0 Å². The molecule has 5 nitrogen and oxygen atoms in total. The van der Waals surface area contributed by atoms with E-state index in [9.17, 15) is 9.59 Å². The maximum Gasteiger partial charge on any atom is 0.308 e. The topological polar surface area (TPSA) is 92.4 Å². The summed E-state index contributed by atoms with van der Waals surface area (Å²) in [6, 6.07) is 0.117. The molecule has 3 unspecified atom stereocenters. The molecule has 0 heterocycles. The number of hydrogen-bond acceptors (Lipinski definition) is 3. The lowest BCUT2D eigenvalue weighted by atomic mass is 9.95. The van der Waals surface area contributed by atoms with Crippen molar-refractivity contribution >= 4 is 11.9 Å². The molecular formula is C12H22N2O3. The van der Waals surface area contributed by atoms with Crippen LogP contribution < -0.4 is 11.1 Å².